The molecule has 0 spiro atoms. The van der Waals surface area contributed by atoms with Crippen LogP contribution in [-0.4, -0.2) is 48.2 Å². The van der Waals surface area contributed by atoms with Gasteiger partial charge in [0, 0.05) is 26.2 Å². The van der Waals surface area contributed by atoms with Crippen molar-refractivity contribution in [3.05, 3.63) is 52.9 Å². The third-order valence-electron chi connectivity index (χ3n) is 5.03. The molecule has 1 aliphatic heterocycles. The minimum Gasteiger partial charge on any atom is -0.467 e. The average Bonchev–Trinajstić information content (AvgIpc) is 3.43. The molecule has 0 aliphatic carbocycles. The lowest BCUT2D eigenvalue weighted by atomic mass is 10.3. The van der Waals surface area contributed by atoms with Crippen molar-refractivity contribution >= 4 is 27.0 Å². The van der Waals surface area contributed by atoms with E-state index in [2.05, 4.69) is 0 Å². The van der Waals surface area contributed by atoms with E-state index in [-0.39, 0.29) is 29.5 Å². The van der Waals surface area contributed by atoms with Crippen molar-refractivity contribution in [2.45, 2.75) is 30.8 Å². The number of amides is 1. The monoisotopic (exact) mass is 419 g/mol. The summed E-state index contributed by atoms with van der Waals surface area (Å²) in [6.45, 7) is 1.03. The van der Waals surface area contributed by atoms with Gasteiger partial charge >= 0.3 is 5.76 Å². The van der Waals surface area contributed by atoms with E-state index in [1.54, 1.807) is 19.2 Å². The minimum atomic E-state index is -3.62. The summed E-state index contributed by atoms with van der Waals surface area (Å²) in [5.41, 5.74) is 0.506. The molecule has 1 aromatic carbocycles. The van der Waals surface area contributed by atoms with Gasteiger partial charge in [-0.3, -0.25) is 9.36 Å². The van der Waals surface area contributed by atoms with Crippen molar-refractivity contribution in [2.75, 3.05) is 20.1 Å². The number of hydrogen-bond acceptors (Lipinski definition) is 6. The third kappa shape index (κ3) is 3.73. The Morgan fingerprint density at radius 2 is 1.97 bits per heavy atom. The first kappa shape index (κ1) is 19.5. The zero-order valence-corrected chi connectivity index (χ0v) is 16.7. The van der Waals surface area contributed by atoms with Gasteiger partial charge in [-0.2, -0.15) is 4.31 Å². The summed E-state index contributed by atoms with van der Waals surface area (Å²) < 4.78 is 38.5. The fourth-order valence-corrected chi connectivity index (χ4v) is 4.95. The zero-order valence-electron chi connectivity index (χ0n) is 15.9. The number of fused-ring (bicyclic) bond motifs is 1. The Bertz CT molecular complexity index is 1190. The molecule has 1 amide bonds. The highest BCUT2D eigenvalue weighted by Gasteiger charge is 2.28. The van der Waals surface area contributed by atoms with Crippen molar-refractivity contribution in [3.8, 4) is 0 Å². The number of furan rings is 1. The van der Waals surface area contributed by atoms with E-state index in [1.807, 2.05) is 0 Å². The van der Waals surface area contributed by atoms with Crippen molar-refractivity contribution in [1.29, 1.82) is 0 Å². The molecule has 1 aliphatic rings. The largest absolute Gasteiger partial charge is 0.467 e. The van der Waals surface area contributed by atoms with Crippen LogP contribution in [0.5, 0.6) is 0 Å². The summed E-state index contributed by atoms with van der Waals surface area (Å²) in [5.74, 6) is -0.391. The van der Waals surface area contributed by atoms with Crippen LogP contribution in [0.4, 0.5) is 0 Å². The Morgan fingerprint density at radius 3 is 2.66 bits per heavy atom. The predicted octanol–water partition coefficient (Wildman–Crippen LogP) is 1.63. The van der Waals surface area contributed by atoms with Crippen LogP contribution in [-0.2, 0) is 27.9 Å². The number of nitrogens with zero attached hydrogens (tertiary/aromatic N) is 3. The van der Waals surface area contributed by atoms with Crippen LogP contribution >= 0.6 is 0 Å². The van der Waals surface area contributed by atoms with E-state index in [9.17, 15) is 18.0 Å². The standard InChI is InChI=1S/C19H21N3O6S/c1-20(12-14-5-4-10-27-14)18(23)13-22-16-7-6-15(11-17(16)28-19(22)24)29(25,26)21-8-2-3-9-21/h4-7,10-11H,2-3,8-9,12-13H2,1H3. The first-order chi connectivity index (χ1) is 13.9. The molecule has 10 heteroatoms. The molecular weight excluding hydrogens is 398 g/mol. The molecule has 0 atom stereocenters. The first-order valence-corrected chi connectivity index (χ1v) is 10.7. The highest BCUT2D eigenvalue weighted by molar-refractivity contribution is 7.89. The van der Waals surface area contributed by atoms with Crippen LogP contribution in [0.3, 0.4) is 0 Å². The van der Waals surface area contributed by atoms with Crippen LogP contribution < -0.4 is 5.76 Å². The predicted molar refractivity (Wildman–Crippen MR) is 104 cm³/mol. The van der Waals surface area contributed by atoms with E-state index in [0.29, 0.717) is 24.4 Å². The normalized spacial score (nSPS) is 15.2. The van der Waals surface area contributed by atoms with Gasteiger partial charge in [-0.05, 0) is 37.1 Å². The summed E-state index contributed by atoms with van der Waals surface area (Å²) in [6.07, 6.45) is 3.19. The fourth-order valence-electron chi connectivity index (χ4n) is 3.41. The summed E-state index contributed by atoms with van der Waals surface area (Å²) >= 11 is 0. The van der Waals surface area contributed by atoms with Crippen molar-refractivity contribution in [3.63, 3.8) is 0 Å². The number of sulfonamides is 1. The minimum absolute atomic E-state index is 0.0778. The Labute approximate surface area is 167 Å². The van der Waals surface area contributed by atoms with E-state index in [1.165, 1.54) is 38.2 Å². The number of oxazole rings is 1. The molecule has 1 saturated heterocycles. The number of aromatic nitrogens is 1. The molecule has 0 bridgehead atoms. The van der Waals surface area contributed by atoms with Gasteiger partial charge in [0.05, 0.1) is 23.2 Å². The molecule has 0 unspecified atom stereocenters. The summed E-state index contributed by atoms with van der Waals surface area (Å²) in [6, 6.07) is 7.78. The van der Waals surface area contributed by atoms with Gasteiger partial charge in [-0.25, -0.2) is 13.2 Å². The maximum Gasteiger partial charge on any atom is 0.420 e. The van der Waals surface area contributed by atoms with Crippen molar-refractivity contribution in [2.24, 2.45) is 0 Å². The molecule has 3 aromatic rings. The maximum absolute atomic E-state index is 12.7. The van der Waals surface area contributed by atoms with Gasteiger partial charge in [0.1, 0.15) is 12.3 Å². The molecule has 2 aromatic heterocycles. The lowest BCUT2D eigenvalue weighted by molar-refractivity contribution is -0.131. The van der Waals surface area contributed by atoms with E-state index in [0.717, 1.165) is 12.8 Å². The maximum atomic E-state index is 12.7. The number of carbonyl (C=O) groups excluding carboxylic acids is 1. The van der Waals surface area contributed by atoms with E-state index < -0.39 is 15.8 Å². The highest BCUT2D eigenvalue weighted by atomic mass is 32.2. The molecule has 9 nitrogen and oxygen atoms in total. The number of hydrogen-bond donors (Lipinski definition) is 0. The topological polar surface area (TPSA) is 106 Å². The Morgan fingerprint density at radius 1 is 1.21 bits per heavy atom. The van der Waals surface area contributed by atoms with Gasteiger partial charge < -0.3 is 13.7 Å². The van der Waals surface area contributed by atoms with Crippen LogP contribution in [0, 0.1) is 0 Å². The molecule has 4 rings (SSSR count). The zero-order chi connectivity index (χ0) is 20.6. The SMILES string of the molecule is CN(Cc1ccco1)C(=O)Cn1c(=O)oc2cc(S(=O)(=O)N3CCCC3)ccc21. The molecule has 3 heterocycles. The number of likely N-dealkylation sites (N-methyl/N-ethyl adjacent to an activating group) is 1. The van der Waals surface area contributed by atoms with Crippen molar-refractivity contribution in [1.82, 2.24) is 13.8 Å². The summed E-state index contributed by atoms with van der Waals surface area (Å²) in [5, 5.41) is 0. The molecule has 0 saturated carbocycles. The lowest BCUT2D eigenvalue weighted by Crippen LogP contribution is -2.32. The van der Waals surface area contributed by atoms with Gasteiger partial charge in [0.25, 0.3) is 0 Å². The number of carbonyl (C=O) groups is 1. The lowest BCUT2D eigenvalue weighted by Gasteiger charge is -2.16. The molecule has 0 radical (unpaired) electrons. The quantitative estimate of drug-likeness (QED) is 0.601. The Balaban J connectivity index is 1.58. The van der Waals surface area contributed by atoms with Crippen LogP contribution in [0.25, 0.3) is 11.1 Å². The molecular formula is C19H21N3O6S. The van der Waals surface area contributed by atoms with Gasteiger partial charge in [0.2, 0.25) is 15.9 Å². The van der Waals surface area contributed by atoms with Gasteiger partial charge in [0.15, 0.2) is 5.58 Å². The van der Waals surface area contributed by atoms with E-state index >= 15 is 0 Å². The second-order valence-electron chi connectivity index (χ2n) is 7.02. The second kappa shape index (κ2) is 7.53. The Hall–Kier alpha value is -2.85. The summed E-state index contributed by atoms with van der Waals surface area (Å²) in [7, 11) is -2.01. The molecule has 29 heavy (non-hydrogen) atoms. The van der Waals surface area contributed by atoms with E-state index in [4.69, 9.17) is 8.83 Å². The molecule has 154 valence electrons. The van der Waals surface area contributed by atoms with Crippen LogP contribution in [0.2, 0.25) is 0 Å². The molecule has 1 fully saturated rings. The van der Waals surface area contributed by atoms with Crippen LogP contribution in [0.15, 0.2) is 55.1 Å². The summed E-state index contributed by atoms with van der Waals surface area (Å²) in [4.78, 5) is 26.3. The smallest absolute Gasteiger partial charge is 0.420 e. The van der Waals surface area contributed by atoms with Crippen LogP contribution in [0.1, 0.15) is 18.6 Å². The molecule has 0 N–H and O–H groups in total. The van der Waals surface area contributed by atoms with Gasteiger partial charge in [-0.15, -0.1) is 0 Å². The Kier molecular flexibility index (Phi) is 5.05. The second-order valence-corrected chi connectivity index (χ2v) is 8.96. The highest BCUT2D eigenvalue weighted by Crippen LogP contribution is 2.24. The van der Waals surface area contributed by atoms with Crippen molar-refractivity contribution < 1.29 is 22.0 Å². The number of benzene rings is 1. The first-order valence-electron chi connectivity index (χ1n) is 9.26. The third-order valence-corrected chi connectivity index (χ3v) is 6.93. The average molecular weight is 419 g/mol. The van der Waals surface area contributed by atoms with Gasteiger partial charge in [-0.1, -0.05) is 0 Å². The fraction of sp³-hybridized carbons (Fsp3) is 0.368. The number of rotatable bonds is 6.